The van der Waals surface area contributed by atoms with Crippen LogP contribution in [0, 0.1) is 0 Å². The lowest BCUT2D eigenvalue weighted by Gasteiger charge is -2.35. The van der Waals surface area contributed by atoms with Gasteiger partial charge >= 0.3 is 0 Å². The molecule has 108 valence electrons. The van der Waals surface area contributed by atoms with Crippen LogP contribution in [-0.2, 0) is 0 Å². The van der Waals surface area contributed by atoms with E-state index in [0.29, 0.717) is 18.8 Å². The highest BCUT2D eigenvalue weighted by molar-refractivity contribution is 6.29. The van der Waals surface area contributed by atoms with E-state index in [2.05, 4.69) is 20.1 Å². The minimum Gasteiger partial charge on any atom is -0.353 e. The van der Waals surface area contributed by atoms with Gasteiger partial charge in [0.2, 0.25) is 0 Å². The first kappa shape index (κ1) is 13.8. The van der Waals surface area contributed by atoms with Gasteiger partial charge in [-0.25, -0.2) is 4.98 Å². The number of halogens is 1. The van der Waals surface area contributed by atoms with E-state index in [1.54, 1.807) is 23.2 Å². The average molecular weight is 304 g/mol. The van der Waals surface area contributed by atoms with Gasteiger partial charge in [0.1, 0.15) is 5.82 Å². The van der Waals surface area contributed by atoms with Crippen molar-refractivity contribution in [1.82, 2.24) is 20.1 Å². The minimum atomic E-state index is -0.111. The fraction of sp³-hybridized carbons (Fsp3) is 0.286. The normalized spacial score (nSPS) is 15.1. The molecule has 1 fully saturated rings. The van der Waals surface area contributed by atoms with Gasteiger partial charge < -0.3 is 9.80 Å². The molecule has 1 amide bonds. The summed E-state index contributed by atoms with van der Waals surface area (Å²) in [4.78, 5) is 20.6. The Morgan fingerprint density at radius 3 is 2.48 bits per heavy atom. The summed E-state index contributed by atoms with van der Waals surface area (Å²) in [6.07, 6.45) is 1.77. The molecule has 2 aromatic rings. The monoisotopic (exact) mass is 303 g/mol. The zero-order valence-corrected chi connectivity index (χ0v) is 12.1. The second kappa shape index (κ2) is 6.05. The molecule has 3 rings (SSSR count). The maximum Gasteiger partial charge on any atom is 0.274 e. The van der Waals surface area contributed by atoms with Gasteiger partial charge in [-0.1, -0.05) is 17.7 Å². The van der Waals surface area contributed by atoms with E-state index in [-0.39, 0.29) is 11.1 Å². The largest absolute Gasteiger partial charge is 0.353 e. The Kier molecular flexibility index (Phi) is 3.96. The van der Waals surface area contributed by atoms with E-state index in [0.717, 1.165) is 18.9 Å². The van der Waals surface area contributed by atoms with Gasteiger partial charge in [0.25, 0.3) is 5.91 Å². The third-order valence-electron chi connectivity index (χ3n) is 3.39. The fourth-order valence-electron chi connectivity index (χ4n) is 2.27. The van der Waals surface area contributed by atoms with Gasteiger partial charge in [0.15, 0.2) is 10.8 Å². The van der Waals surface area contributed by atoms with E-state index in [9.17, 15) is 4.79 Å². The van der Waals surface area contributed by atoms with Crippen LogP contribution < -0.4 is 4.90 Å². The van der Waals surface area contributed by atoms with Crippen molar-refractivity contribution in [2.45, 2.75) is 0 Å². The predicted molar refractivity (Wildman–Crippen MR) is 79.4 cm³/mol. The van der Waals surface area contributed by atoms with Crippen molar-refractivity contribution in [3.63, 3.8) is 0 Å². The Morgan fingerprint density at radius 1 is 1.05 bits per heavy atom. The molecule has 0 radical (unpaired) electrons. The zero-order valence-electron chi connectivity index (χ0n) is 11.3. The molecule has 0 spiro atoms. The third-order valence-corrected chi connectivity index (χ3v) is 3.59. The smallest absolute Gasteiger partial charge is 0.274 e. The number of pyridine rings is 1. The second-order valence-corrected chi connectivity index (χ2v) is 5.10. The van der Waals surface area contributed by atoms with Crippen LogP contribution in [0.2, 0.25) is 5.15 Å². The van der Waals surface area contributed by atoms with E-state index < -0.39 is 0 Å². The molecule has 7 heteroatoms. The standard InChI is InChI=1S/C14H14ClN5O/c15-12-5-4-11(17-18-12)14(21)20-9-7-19(8-10-20)13-3-1-2-6-16-13/h1-6H,7-10H2. The number of hydrogen-bond acceptors (Lipinski definition) is 5. The number of anilines is 1. The number of piperazine rings is 1. The van der Waals surface area contributed by atoms with Crippen LogP contribution in [0.1, 0.15) is 10.5 Å². The van der Waals surface area contributed by atoms with E-state index in [4.69, 9.17) is 11.6 Å². The predicted octanol–water partition coefficient (Wildman–Crippen LogP) is 1.49. The SMILES string of the molecule is O=C(c1ccc(Cl)nn1)N1CCN(c2ccccn2)CC1. The molecule has 2 aromatic heterocycles. The minimum absolute atomic E-state index is 0.111. The van der Waals surface area contributed by atoms with Crippen molar-refractivity contribution < 1.29 is 4.79 Å². The lowest BCUT2D eigenvalue weighted by atomic mass is 10.2. The Morgan fingerprint density at radius 2 is 1.86 bits per heavy atom. The molecule has 21 heavy (non-hydrogen) atoms. The molecular weight excluding hydrogens is 290 g/mol. The van der Waals surface area contributed by atoms with Crippen molar-refractivity contribution in [2.75, 3.05) is 31.1 Å². The van der Waals surface area contributed by atoms with E-state index in [1.807, 2.05) is 18.2 Å². The first-order chi connectivity index (χ1) is 10.2. The summed E-state index contributed by atoms with van der Waals surface area (Å²) in [5, 5.41) is 7.82. The average Bonchev–Trinajstić information content (AvgIpc) is 2.56. The summed E-state index contributed by atoms with van der Waals surface area (Å²) in [6.45, 7) is 2.78. The molecule has 0 N–H and O–H groups in total. The summed E-state index contributed by atoms with van der Waals surface area (Å²) in [7, 11) is 0. The number of aromatic nitrogens is 3. The fourth-order valence-corrected chi connectivity index (χ4v) is 2.37. The maximum absolute atomic E-state index is 12.3. The lowest BCUT2D eigenvalue weighted by Crippen LogP contribution is -2.49. The molecule has 0 aliphatic carbocycles. The molecular formula is C14H14ClN5O. The first-order valence-corrected chi connectivity index (χ1v) is 7.06. The van der Waals surface area contributed by atoms with Crippen LogP contribution in [0.4, 0.5) is 5.82 Å². The molecule has 0 aromatic carbocycles. The van der Waals surface area contributed by atoms with Gasteiger partial charge in [0, 0.05) is 32.4 Å². The molecule has 1 saturated heterocycles. The highest BCUT2D eigenvalue weighted by atomic mass is 35.5. The van der Waals surface area contributed by atoms with Crippen LogP contribution in [0.3, 0.4) is 0 Å². The Labute approximate surface area is 127 Å². The van der Waals surface area contributed by atoms with Crippen LogP contribution in [0.25, 0.3) is 0 Å². The number of rotatable bonds is 2. The molecule has 0 bridgehead atoms. The van der Waals surface area contributed by atoms with Crippen molar-refractivity contribution in [1.29, 1.82) is 0 Å². The molecule has 3 heterocycles. The Bertz CT molecular complexity index is 611. The topological polar surface area (TPSA) is 62.2 Å². The summed E-state index contributed by atoms with van der Waals surface area (Å²) < 4.78 is 0. The summed E-state index contributed by atoms with van der Waals surface area (Å²) in [5.41, 5.74) is 0.325. The molecule has 6 nitrogen and oxygen atoms in total. The second-order valence-electron chi connectivity index (χ2n) is 4.71. The van der Waals surface area contributed by atoms with Crippen LogP contribution >= 0.6 is 11.6 Å². The number of carbonyl (C=O) groups is 1. The highest BCUT2D eigenvalue weighted by Gasteiger charge is 2.23. The third kappa shape index (κ3) is 3.11. The Hall–Kier alpha value is -2.21. The van der Waals surface area contributed by atoms with Crippen molar-refractivity contribution in [3.8, 4) is 0 Å². The van der Waals surface area contributed by atoms with Gasteiger partial charge in [-0.15, -0.1) is 10.2 Å². The number of nitrogens with zero attached hydrogens (tertiary/aromatic N) is 5. The highest BCUT2D eigenvalue weighted by Crippen LogP contribution is 2.14. The van der Waals surface area contributed by atoms with Gasteiger partial charge in [-0.2, -0.15) is 0 Å². The van der Waals surface area contributed by atoms with Crippen molar-refractivity contribution in [3.05, 3.63) is 47.4 Å². The van der Waals surface area contributed by atoms with Crippen LogP contribution in [0.15, 0.2) is 36.5 Å². The number of carbonyl (C=O) groups excluding carboxylic acids is 1. The summed E-state index contributed by atoms with van der Waals surface area (Å²) >= 11 is 5.68. The number of amides is 1. The van der Waals surface area contributed by atoms with Gasteiger partial charge in [-0.05, 0) is 24.3 Å². The molecule has 0 unspecified atom stereocenters. The molecule has 0 atom stereocenters. The van der Waals surface area contributed by atoms with E-state index >= 15 is 0 Å². The van der Waals surface area contributed by atoms with Crippen LogP contribution in [-0.4, -0.2) is 52.2 Å². The van der Waals surface area contributed by atoms with Gasteiger partial charge in [-0.3, -0.25) is 4.79 Å². The molecule has 1 aliphatic heterocycles. The molecule has 0 saturated carbocycles. The zero-order chi connectivity index (χ0) is 14.7. The summed E-state index contributed by atoms with van der Waals surface area (Å²) in [5.74, 6) is 0.829. The van der Waals surface area contributed by atoms with Crippen molar-refractivity contribution >= 4 is 23.3 Å². The quantitative estimate of drug-likeness (QED) is 0.841. The number of hydrogen-bond donors (Lipinski definition) is 0. The van der Waals surface area contributed by atoms with Crippen molar-refractivity contribution in [2.24, 2.45) is 0 Å². The maximum atomic E-state index is 12.3. The Balaban J connectivity index is 1.63. The van der Waals surface area contributed by atoms with E-state index in [1.165, 1.54) is 0 Å². The molecule has 1 aliphatic rings. The van der Waals surface area contributed by atoms with Crippen LogP contribution in [0.5, 0.6) is 0 Å². The first-order valence-electron chi connectivity index (χ1n) is 6.68. The summed E-state index contributed by atoms with van der Waals surface area (Å²) in [6, 6.07) is 9.00. The lowest BCUT2D eigenvalue weighted by molar-refractivity contribution is 0.0739. The van der Waals surface area contributed by atoms with Gasteiger partial charge in [0.05, 0.1) is 0 Å².